The minimum atomic E-state index is -0.811. The predicted molar refractivity (Wildman–Crippen MR) is 130 cm³/mol. The summed E-state index contributed by atoms with van der Waals surface area (Å²) in [5.41, 5.74) is 2.27. The van der Waals surface area contributed by atoms with Crippen LogP contribution in [0.4, 0.5) is 0 Å². The molecule has 3 fully saturated rings. The summed E-state index contributed by atoms with van der Waals surface area (Å²) in [4.78, 5) is 21.2. The average molecular weight is 454 g/mol. The lowest BCUT2D eigenvalue weighted by molar-refractivity contribution is 0.0496. The zero-order valence-electron chi connectivity index (χ0n) is 19.7. The van der Waals surface area contributed by atoms with Crippen LogP contribution in [0.2, 0.25) is 0 Å². The number of hydrogen-bond acceptors (Lipinski definition) is 5. The maximum atomic E-state index is 13.6. The van der Waals surface area contributed by atoms with Gasteiger partial charge >= 0.3 is 0 Å². The van der Waals surface area contributed by atoms with Crippen LogP contribution in [0.5, 0.6) is 0 Å². The van der Waals surface area contributed by atoms with Gasteiger partial charge in [-0.1, -0.05) is 44.2 Å². The van der Waals surface area contributed by atoms with Gasteiger partial charge in [-0.3, -0.25) is 9.69 Å². The van der Waals surface area contributed by atoms with E-state index >= 15 is 0 Å². The molecule has 0 spiro atoms. The van der Waals surface area contributed by atoms with E-state index in [0.717, 1.165) is 29.9 Å². The highest BCUT2D eigenvalue weighted by Gasteiger charge is 2.44. The van der Waals surface area contributed by atoms with Crippen LogP contribution >= 0.6 is 0 Å². The lowest BCUT2D eigenvalue weighted by atomic mass is 9.89. The third-order valence-electron chi connectivity index (χ3n) is 8.41. The molecule has 2 saturated heterocycles. The van der Waals surface area contributed by atoms with Gasteiger partial charge in [0.05, 0.1) is 23.7 Å². The fourth-order valence-corrected chi connectivity index (χ4v) is 6.85. The molecular formula is C27H39N3O3. The molecule has 5 rings (SSSR count). The van der Waals surface area contributed by atoms with E-state index in [0.29, 0.717) is 30.6 Å². The van der Waals surface area contributed by atoms with Crippen molar-refractivity contribution in [2.45, 2.75) is 114 Å². The van der Waals surface area contributed by atoms with Crippen molar-refractivity contribution in [1.82, 2.24) is 14.5 Å². The Balaban J connectivity index is 1.43. The number of rotatable bonds is 6. The van der Waals surface area contributed by atoms with E-state index in [4.69, 9.17) is 0 Å². The van der Waals surface area contributed by atoms with E-state index in [1.165, 1.54) is 57.8 Å². The van der Waals surface area contributed by atoms with Gasteiger partial charge in [-0.25, -0.2) is 4.98 Å². The largest absolute Gasteiger partial charge is 0.394 e. The van der Waals surface area contributed by atoms with Crippen molar-refractivity contribution in [3.8, 4) is 0 Å². The van der Waals surface area contributed by atoms with Crippen molar-refractivity contribution in [2.24, 2.45) is 0 Å². The molecule has 2 bridgehead atoms. The second kappa shape index (κ2) is 10.2. The standard InChI is InChI=1S/C27H39N3O3/c31-18-23(32)14-15-25-27(33)30(26-11-7-6-10-24(26)28-25)22-16-20-12-13-21(17-22)29(20)19-8-4-2-1-3-5-9-19/h6-7,10-11,19-23,31-32H,1-5,8-9,12-18H2/t20-,21+,22?,23-/m1/s1. The van der Waals surface area contributed by atoms with Crippen molar-refractivity contribution in [3.63, 3.8) is 0 Å². The molecule has 6 nitrogen and oxygen atoms in total. The highest BCUT2D eigenvalue weighted by atomic mass is 16.3. The second-order valence-electron chi connectivity index (χ2n) is 10.6. The molecular weight excluding hydrogens is 414 g/mol. The van der Waals surface area contributed by atoms with Crippen molar-refractivity contribution >= 4 is 11.0 Å². The summed E-state index contributed by atoms with van der Waals surface area (Å²) < 4.78 is 2.03. The van der Waals surface area contributed by atoms with Crippen LogP contribution in [-0.4, -0.2) is 55.5 Å². The molecule has 1 saturated carbocycles. The number of aliphatic hydroxyl groups is 2. The van der Waals surface area contributed by atoms with Gasteiger partial charge in [-0.15, -0.1) is 0 Å². The molecule has 6 heteroatoms. The minimum Gasteiger partial charge on any atom is -0.394 e. The molecule has 0 amide bonds. The Labute approximate surface area is 196 Å². The summed E-state index contributed by atoms with van der Waals surface area (Å²) in [5, 5.41) is 19.0. The molecule has 2 aliphatic heterocycles. The lowest BCUT2D eigenvalue weighted by Gasteiger charge is -2.45. The van der Waals surface area contributed by atoms with E-state index in [-0.39, 0.29) is 18.2 Å². The van der Waals surface area contributed by atoms with Gasteiger partial charge in [0, 0.05) is 24.2 Å². The van der Waals surface area contributed by atoms with E-state index < -0.39 is 6.10 Å². The average Bonchev–Trinajstić information content (AvgIpc) is 3.06. The van der Waals surface area contributed by atoms with E-state index in [1.54, 1.807) is 0 Å². The number of fused-ring (bicyclic) bond motifs is 3. The maximum Gasteiger partial charge on any atom is 0.272 e. The van der Waals surface area contributed by atoms with Gasteiger partial charge in [0.15, 0.2) is 0 Å². The van der Waals surface area contributed by atoms with Crippen LogP contribution in [0, 0.1) is 0 Å². The summed E-state index contributed by atoms with van der Waals surface area (Å²) in [5.74, 6) is 0. The first kappa shape index (κ1) is 23.0. The van der Waals surface area contributed by atoms with Crippen LogP contribution in [-0.2, 0) is 6.42 Å². The fourth-order valence-electron chi connectivity index (χ4n) is 6.85. The highest BCUT2D eigenvalue weighted by molar-refractivity contribution is 5.74. The quantitative estimate of drug-likeness (QED) is 0.692. The van der Waals surface area contributed by atoms with Crippen molar-refractivity contribution < 1.29 is 10.2 Å². The summed E-state index contributed by atoms with van der Waals surface area (Å²) in [7, 11) is 0. The molecule has 2 aromatic rings. The zero-order valence-corrected chi connectivity index (χ0v) is 19.7. The molecule has 3 aliphatic rings. The van der Waals surface area contributed by atoms with Crippen molar-refractivity contribution in [1.29, 1.82) is 0 Å². The monoisotopic (exact) mass is 453 g/mol. The maximum absolute atomic E-state index is 13.6. The molecule has 1 aromatic carbocycles. The smallest absolute Gasteiger partial charge is 0.272 e. The summed E-state index contributed by atoms with van der Waals surface area (Å²) in [6, 6.07) is 10.1. The second-order valence-corrected chi connectivity index (χ2v) is 10.6. The topological polar surface area (TPSA) is 78.6 Å². The fraction of sp³-hybridized carbons (Fsp3) is 0.704. The van der Waals surface area contributed by atoms with Crippen LogP contribution < -0.4 is 5.56 Å². The molecule has 1 unspecified atom stereocenters. The lowest BCUT2D eigenvalue weighted by Crippen LogP contribution is -2.50. The van der Waals surface area contributed by atoms with Crippen LogP contribution in [0.1, 0.15) is 88.8 Å². The van der Waals surface area contributed by atoms with E-state index in [9.17, 15) is 15.0 Å². The Kier molecular flexibility index (Phi) is 7.14. The number of benzene rings is 1. The number of nitrogens with zero attached hydrogens (tertiary/aromatic N) is 3. The molecule has 1 aliphatic carbocycles. The molecule has 0 radical (unpaired) electrons. The zero-order chi connectivity index (χ0) is 22.8. The minimum absolute atomic E-state index is 0.0114. The number of piperidine rings is 1. The SMILES string of the molecule is O=c1c(CC[C@@H](O)CO)nc2ccccc2n1C1C[C@H]2CC[C@@H](C1)N2C1CCCCCCC1. The molecule has 1 aromatic heterocycles. The number of aliphatic hydroxyl groups excluding tert-OH is 2. The van der Waals surface area contributed by atoms with Gasteiger partial charge in [-0.2, -0.15) is 0 Å². The normalized spacial score (nSPS) is 28.0. The summed E-state index contributed by atoms with van der Waals surface area (Å²) in [6.45, 7) is -0.287. The first-order valence-corrected chi connectivity index (χ1v) is 13.2. The van der Waals surface area contributed by atoms with E-state index in [1.807, 2.05) is 28.8 Å². The number of para-hydroxylation sites is 2. The molecule has 180 valence electrons. The van der Waals surface area contributed by atoms with Gasteiger partial charge in [0.25, 0.3) is 5.56 Å². The van der Waals surface area contributed by atoms with Gasteiger partial charge in [0.1, 0.15) is 5.69 Å². The molecule has 3 heterocycles. The predicted octanol–water partition coefficient (Wildman–Crippen LogP) is 3.96. The highest BCUT2D eigenvalue weighted by Crippen LogP contribution is 2.44. The van der Waals surface area contributed by atoms with Gasteiger partial charge in [0.2, 0.25) is 0 Å². The summed E-state index contributed by atoms with van der Waals surface area (Å²) >= 11 is 0. The molecule has 4 atom stereocenters. The van der Waals surface area contributed by atoms with Crippen LogP contribution in [0.3, 0.4) is 0 Å². The first-order chi connectivity index (χ1) is 16.2. The van der Waals surface area contributed by atoms with Crippen LogP contribution in [0.25, 0.3) is 11.0 Å². The Bertz CT molecular complexity index is 984. The van der Waals surface area contributed by atoms with E-state index in [2.05, 4.69) is 9.88 Å². The van der Waals surface area contributed by atoms with Crippen molar-refractivity contribution in [3.05, 3.63) is 40.3 Å². The Hall–Kier alpha value is -1.76. The van der Waals surface area contributed by atoms with Gasteiger partial charge in [-0.05, 0) is 63.5 Å². The van der Waals surface area contributed by atoms with Gasteiger partial charge < -0.3 is 14.8 Å². The number of aryl methyl sites for hydroxylation is 1. The summed E-state index contributed by atoms with van der Waals surface area (Å²) in [6.07, 6.45) is 14.1. The Morgan fingerprint density at radius 2 is 1.58 bits per heavy atom. The van der Waals surface area contributed by atoms with Crippen LogP contribution in [0.15, 0.2) is 29.1 Å². The third-order valence-corrected chi connectivity index (χ3v) is 8.41. The molecule has 2 N–H and O–H groups in total. The number of hydrogen-bond donors (Lipinski definition) is 2. The molecule has 33 heavy (non-hydrogen) atoms. The Morgan fingerprint density at radius 3 is 2.27 bits per heavy atom. The third kappa shape index (κ3) is 4.75. The Morgan fingerprint density at radius 1 is 0.909 bits per heavy atom. The van der Waals surface area contributed by atoms with Crippen molar-refractivity contribution in [2.75, 3.05) is 6.61 Å². The number of aromatic nitrogens is 2. The first-order valence-electron chi connectivity index (χ1n) is 13.2.